The topological polar surface area (TPSA) is 44.9 Å². The molecule has 0 saturated heterocycles. The maximum absolute atomic E-state index is 11.5. The van der Waals surface area contributed by atoms with Crippen LogP contribution in [-0.2, 0) is 20.6 Å². The summed E-state index contributed by atoms with van der Waals surface area (Å²) in [5, 5.41) is 1.16. The predicted molar refractivity (Wildman–Crippen MR) is 101 cm³/mol. The maximum Gasteiger partial charge on any atom is 0.161 e. The SMILES string of the molecule is Cc1ccc(C(C)(C)c2c[nH]c3c(N[SH+](C)=O)cccc23)cc1. The third-order valence-corrected chi connectivity index (χ3v) is 5.00. The Kier molecular flexibility index (Phi) is 4.02. The van der Waals surface area contributed by atoms with Gasteiger partial charge in [0.15, 0.2) is 11.0 Å². The fourth-order valence-electron chi connectivity index (χ4n) is 3.06. The van der Waals surface area contributed by atoms with Crippen molar-refractivity contribution in [1.82, 2.24) is 4.98 Å². The first-order valence-corrected chi connectivity index (χ1v) is 9.45. The van der Waals surface area contributed by atoms with Crippen LogP contribution in [-0.4, -0.2) is 11.2 Å². The van der Waals surface area contributed by atoms with Crippen molar-refractivity contribution in [3.8, 4) is 0 Å². The highest BCUT2D eigenvalue weighted by atomic mass is 32.2. The first-order chi connectivity index (χ1) is 10.9. The largest absolute Gasteiger partial charge is 0.359 e. The Morgan fingerprint density at radius 1 is 1.09 bits per heavy atom. The lowest BCUT2D eigenvalue weighted by molar-refractivity contribution is 0.601. The van der Waals surface area contributed by atoms with Gasteiger partial charge in [-0.05, 0) is 24.1 Å². The molecule has 3 aromatic rings. The number of para-hydroxylation sites is 1. The number of H-pyrrole nitrogens is 1. The minimum absolute atomic E-state index is 0.112. The van der Waals surface area contributed by atoms with E-state index in [0.29, 0.717) is 0 Å². The molecule has 3 rings (SSSR count). The number of anilines is 1. The molecular formula is C19H23N2OS+. The molecule has 4 heteroatoms. The van der Waals surface area contributed by atoms with Crippen molar-refractivity contribution in [3.63, 3.8) is 0 Å². The van der Waals surface area contributed by atoms with Crippen molar-refractivity contribution in [2.75, 3.05) is 11.0 Å². The molecule has 120 valence electrons. The van der Waals surface area contributed by atoms with Gasteiger partial charge in [-0.1, -0.05) is 60.0 Å². The molecule has 2 N–H and O–H groups in total. The van der Waals surface area contributed by atoms with Gasteiger partial charge in [-0.3, -0.25) is 0 Å². The second kappa shape index (κ2) is 5.85. The quantitative estimate of drug-likeness (QED) is 0.539. The van der Waals surface area contributed by atoms with E-state index in [1.54, 1.807) is 6.26 Å². The summed E-state index contributed by atoms with van der Waals surface area (Å²) in [7, 11) is -1.44. The van der Waals surface area contributed by atoms with E-state index in [2.05, 4.69) is 67.0 Å². The third kappa shape index (κ3) is 2.91. The zero-order valence-corrected chi connectivity index (χ0v) is 14.9. The zero-order valence-electron chi connectivity index (χ0n) is 14.0. The molecule has 1 unspecified atom stereocenters. The highest BCUT2D eigenvalue weighted by molar-refractivity contribution is 7.85. The molecule has 1 aromatic heterocycles. The minimum atomic E-state index is -1.44. The summed E-state index contributed by atoms with van der Waals surface area (Å²) in [6.07, 6.45) is 3.74. The Hall–Kier alpha value is -2.07. The Morgan fingerprint density at radius 2 is 1.78 bits per heavy atom. The molecule has 0 amide bonds. The van der Waals surface area contributed by atoms with Gasteiger partial charge < -0.3 is 4.98 Å². The number of fused-ring (bicyclic) bond motifs is 1. The fraction of sp³-hybridized carbons (Fsp3) is 0.263. The molecule has 0 aliphatic heterocycles. The number of hydrogen-bond acceptors (Lipinski definition) is 1. The number of benzene rings is 2. The summed E-state index contributed by atoms with van der Waals surface area (Å²) in [5.41, 5.74) is 5.57. The molecule has 23 heavy (non-hydrogen) atoms. The predicted octanol–water partition coefficient (Wildman–Crippen LogP) is 4.46. The van der Waals surface area contributed by atoms with Crippen LogP contribution in [0.3, 0.4) is 0 Å². The minimum Gasteiger partial charge on any atom is -0.359 e. The molecule has 0 aliphatic carbocycles. The van der Waals surface area contributed by atoms with Gasteiger partial charge in [0.1, 0.15) is 11.9 Å². The van der Waals surface area contributed by atoms with Gasteiger partial charge in [-0.2, -0.15) is 0 Å². The monoisotopic (exact) mass is 327 g/mol. The molecule has 0 radical (unpaired) electrons. The summed E-state index contributed by atoms with van der Waals surface area (Å²) in [6, 6.07) is 14.8. The number of hydrogen-bond donors (Lipinski definition) is 2. The molecule has 1 heterocycles. The van der Waals surface area contributed by atoms with E-state index in [1.807, 2.05) is 12.1 Å². The van der Waals surface area contributed by atoms with Gasteiger partial charge in [-0.25, -0.2) is 4.72 Å². The first-order valence-electron chi connectivity index (χ1n) is 7.75. The van der Waals surface area contributed by atoms with E-state index in [0.717, 1.165) is 16.6 Å². The number of aryl methyl sites for hydroxylation is 1. The van der Waals surface area contributed by atoms with Crippen LogP contribution in [0.5, 0.6) is 0 Å². The standard InChI is InChI=1S/C19H22N2OS/c1-13-8-10-14(11-9-13)19(2,3)16-12-20-18-15(16)6-5-7-17(18)21-23(4)22/h5-12,20H,1-4H3,(H,21,22)/p+1. The second-order valence-electron chi connectivity index (χ2n) is 6.53. The lowest BCUT2D eigenvalue weighted by atomic mass is 9.78. The van der Waals surface area contributed by atoms with Crippen LogP contribution < -0.4 is 4.72 Å². The third-order valence-electron chi connectivity index (χ3n) is 4.44. The number of rotatable bonds is 4. The summed E-state index contributed by atoms with van der Waals surface area (Å²) in [5.74, 6) is 0. The second-order valence-corrected chi connectivity index (χ2v) is 7.75. The van der Waals surface area contributed by atoms with Crippen molar-refractivity contribution in [1.29, 1.82) is 0 Å². The van der Waals surface area contributed by atoms with E-state index in [-0.39, 0.29) is 5.41 Å². The van der Waals surface area contributed by atoms with Crippen molar-refractivity contribution in [2.45, 2.75) is 26.2 Å². The number of aromatic amines is 1. The van der Waals surface area contributed by atoms with Gasteiger partial charge in [0, 0.05) is 17.0 Å². The molecule has 0 bridgehead atoms. The van der Waals surface area contributed by atoms with Gasteiger partial charge >= 0.3 is 0 Å². The van der Waals surface area contributed by atoms with Crippen LogP contribution >= 0.6 is 0 Å². The van der Waals surface area contributed by atoms with Gasteiger partial charge in [0.2, 0.25) is 0 Å². The van der Waals surface area contributed by atoms with Crippen LogP contribution in [0.1, 0.15) is 30.5 Å². The van der Waals surface area contributed by atoms with Crippen LogP contribution in [0.2, 0.25) is 0 Å². The molecule has 0 fully saturated rings. The lowest BCUT2D eigenvalue weighted by Gasteiger charge is -2.25. The number of thiol groups is 1. The Labute approximate surface area is 139 Å². The van der Waals surface area contributed by atoms with Crippen molar-refractivity contribution < 1.29 is 4.21 Å². The van der Waals surface area contributed by atoms with Crippen LogP contribution in [0, 0.1) is 6.92 Å². The average molecular weight is 327 g/mol. The summed E-state index contributed by atoms with van der Waals surface area (Å²) in [6.45, 7) is 6.58. The fourth-order valence-corrected chi connectivity index (χ4v) is 3.59. The summed E-state index contributed by atoms with van der Waals surface area (Å²) in [4.78, 5) is 3.36. The van der Waals surface area contributed by atoms with Crippen LogP contribution in [0.4, 0.5) is 5.69 Å². The molecule has 0 aliphatic rings. The number of nitrogens with one attached hydrogen (secondary N) is 2. The van der Waals surface area contributed by atoms with Gasteiger partial charge in [-0.15, -0.1) is 0 Å². The smallest absolute Gasteiger partial charge is 0.161 e. The van der Waals surface area contributed by atoms with Gasteiger partial charge in [0.05, 0.1) is 5.52 Å². The zero-order chi connectivity index (χ0) is 16.6. The van der Waals surface area contributed by atoms with E-state index >= 15 is 0 Å². The van der Waals surface area contributed by atoms with Crippen molar-refractivity contribution in [2.24, 2.45) is 0 Å². The molecule has 3 nitrogen and oxygen atoms in total. The van der Waals surface area contributed by atoms with Crippen molar-refractivity contribution in [3.05, 3.63) is 65.4 Å². The molecular weight excluding hydrogens is 304 g/mol. The Balaban J connectivity index is 2.12. The highest BCUT2D eigenvalue weighted by Crippen LogP contribution is 2.37. The molecule has 0 saturated carbocycles. The van der Waals surface area contributed by atoms with E-state index in [1.165, 1.54) is 16.7 Å². The van der Waals surface area contributed by atoms with E-state index < -0.39 is 11.0 Å². The normalized spacial score (nSPS) is 13.2. The summed E-state index contributed by atoms with van der Waals surface area (Å²) >= 11 is 0. The number of aromatic nitrogens is 1. The summed E-state index contributed by atoms with van der Waals surface area (Å²) < 4.78 is 14.6. The van der Waals surface area contributed by atoms with E-state index in [4.69, 9.17) is 0 Å². The van der Waals surface area contributed by atoms with Crippen LogP contribution in [0.15, 0.2) is 48.7 Å². The maximum atomic E-state index is 11.5. The van der Waals surface area contributed by atoms with E-state index in [9.17, 15) is 4.21 Å². The molecule has 1 atom stereocenters. The molecule has 0 spiro atoms. The van der Waals surface area contributed by atoms with Crippen molar-refractivity contribution >= 4 is 27.6 Å². The van der Waals surface area contributed by atoms with Crippen LogP contribution in [0.25, 0.3) is 10.9 Å². The molecule has 2 aromatic carbocycles. The highest BCUT2D eigenvalue weighted by Gasteiger charge is 2.26. The average Bonchev–Trinajstić information content (AvgIpc) is 2.93. The lowest BCUT2D eigenvalue weighted by Crippen LogP contribution is -2.18. The first kappa shape index (κ1) is 15.8. The van der Waals surface area contributed by atoms with Gasteiger partial charge in [0.25, 0.3) is 0 Å². The Bertz CT molecular complexity index is 863. The Morgan fingerprint density at radius 3 is 2.43 bits per heavy atom.